The Morgan fingerprint density at radius 2 is 2.05 bits per heavy atom. The van der Waals surface area contributed by atoms with Crippen molar-refractivity contribution in [3.05, 3.63) is 22.6 Å². The molecule has 0 spiro atoms. The zero-order valence-electron chi connectivity index (χ0n) is 12.3. The molecule has 0 unspecified atom stereocenters. The number of carbonyl (C=O) groups is 1. The minimum absolute atomic E-state index is 0.0704. The lowest BCUT2D eigenvalue weighted by molar-refractivity contribution is -0.133. The first-order valence-electron chi connectivity index (χ1n) is 7.50. The molecule has 5 nitrogen and oxygen atoms in total. The average Bonchev–Trinajstić information content (AvgIpc) is 2.48. The van der Waals surface area contributed by atoms with Crippen LogP contribution in [0.25, 0.3) is 0 Å². The molecule has 116 valence electrons. The molecule has 1 heterocycles. The highest BCUT2D eigenvalue weighted by Gasteiger charge is 2.21. The second-order valence-electron chi connectivity index (χ2n) is 5.68. The van der Waals surface area contributed by atoms with Crippen molar-refractivity contribution in [3.8, 4) is 0 Å². The maximum Gasteiger partial charge on any atom is 0.313 e. The Bertz CT molecular complexity index is 536. The van der Waals surface area contributed by atoms with E-state index in [1.165, 1.54) is 38.2 Å². The van der Waals surface area contributed by atoms with Crippen LogP contribution in [0.15, 0.2) is 22.2 Å². The molecule has 0 radical (unpaired) electrons. The largest absolute Gasteiger partial charge is 0.481 e. The van der Waals surface area contributed by atoms with Crippen molar-refractivity contribution in [2.75, 3.05) is 5.75 Å². The molecule has 6 heteroatoms. The third-order valence-electron chi connectivity index (χ3n) is 4.17. The van der Waals surface area contributed by atoms with Crippen molar-refractivity contribution in [2.45, 2.75) is 50.7 Å². The molecule has 21 heavy (non-hydrogen) atoms. The zero-order chi connectivity index (χ0) is 15.2. The van der Waals surface area contributed by atoms with Gasteiger partial charge in [0.05, 0.1) is 5.75 Å². The SMILES string of the molecule is CCC1CCC(Cn2ccc(=O)nc2SCC(=O)O)CC1. The molecule has 1 fully saturated rings. The Morgan fingerprint density at radius 1 is 1.38 bits per heavy atom. The topological polar surface area (TPSA) is 72.2 Å². The molecular weight excluding hydrogens is 288 g/mol. The molecule has 1 N–H and O–H groups in total. The van der Waals surface area contributed by atoms with Gasteiger partial charge in [0.2, 0.25) is 0 Å². The number of aliphatic carboxylic acids is 1. The normalized spacial score (nSPS) is 22.1. The van der Waals surface area contributed by atoms with Crippen LogP contribution in [-0.4, -0.2) is 26.4 Å². The van der Waals surface area contributed by atoms with Gasteiger partial charge in [-0.3, -0.25) is 9.59 Å². The third-order valence-corrected chi connectivity index (χ3v) is 5.15. The van der Waals surface area contributed by atoms with Crippen LogP contribution in [0.3, 0.4) is 0 Å². The second kappa shape index (κ2) is 7.64. The summed E-state index contributed by atoms with van der Waals surface area (Å²) in [6.45, 7) is 3.07. The Balaban J connectivity index is 2.02. The summed E-state index contributed by atoms with van der Waals surface area (Å²) in [5, 5.41) is 9.29. The second-order valence-corrected chi connectivity index (χ2v) is 6.62. The number of carboxylic acid groups (broad SMARTS) is 1. The lowest BCUT2D eigenvalue weighted by Gasteiger charge is -2.28. The fourth-order valence-electron chi connectivity index (χ4n) is 2.89. The van der Waals surface area contributed by atoms with Crippen molar-refractivity contribution < 1.29 is 9.90 Å². The van der Waals surface area contributed by atoms with Crippen molar-refractivity contribution >= 4 is 17.7 Å². The Morgan fingerprint density at radius 3 is 2.67 bits per heavy atom. The van der Waals surface area contributed by atoms with Gasteiger partial charge >= 0.3 is 5.97 Å². The molecule has 1 aliphatic rings. The Hall–Kier alpha value is -1.30. The van der Waals surface area contributed by atoms with Gasteiger partial charge in [0, 0.05) is 18.8 Å². The Kier molecular flexibility index (Phi) is 5.85. The number of nitrogens with zero attached hydrogens (tertiary/aromatic N) is 2. The Labute approximate surface area is 128 Å². The predicted octanol–water partition coefficient (Wildman–Crippen LogP) is 2.64. The summed E-state index contributed by atoms with van der Waals surface area (Å²) in [6, 6.07) is 1.45. The molecule has 2 rings (SSSR count). The van der Waals surface area contributed by atoms with Crippen molar-refractivity contribution in [2.24, 2.45) is 11.8 Å². The van der Waals surface area contributed by atoms with Crippen LogP contribution in [0, 0.1) is 11.8 Å². The van der Waals surface area contributed by atoms with Gasteiger partial charge in [-0.1, -0.05) is 37.9 Å². The van der Waals surface area contributed by atoms with Crippen LogP contribution in [0.2, 0.25) is 0 Å². The van der Waals surface area contributed by atoms with Crippen molar-refractivity contribution in [1.82, 2.24) is 9.55 Å². The summed E-state index contributed by atoms with van der Waals surface area (Å²) >= 11 is 1.12. The van der Waals surface area contributed by atoms with Gasteiger partial charge in [-0.2, -0.15) is 4.98 Å². The highest BCUT2D eigenvalue weighted by Crippen LogP contribution is 2.32. The molecule has 0 atom stereocenters. The average molecular weight is 310 g/mol. The molecule has 0 saturated heterocycles. The number of aromatic nitrogens is 2. The lowest BCUT2D eigenvalue weighted by atomic mass is 9.81. The lowest BCUT2D eigenvalue weighted by Crippen LogP contribution is -2.22. The summed E-state index contributed by atoms with van der Waals surface area (Å²) in [4.78, 5) is 26.0. The van der Waals surface area contributed by atoms with E-state index < -0.39 is 5.97 Å². The summed E-state index contributed by atoms with van der Waals surface area (Å²) in [5.41, 5.74) is -0.311. The first-order chi connectivity index (χ1) is 10.1. The summed E-state index contributed by atoms with van der Waals surface area (Å²) in [6.07, 6.45) is 7.94. The summed E-state index contributed by atoms with van der Waals surface area (Å²) in [5.74, 6) is 0.489. The molecule has 1 aromatic rings. The first kappa shape index (κ1) is 16.1. The molecule has 0 amide bonds. The highest BCUT2D eigenvalue weighted by atomic mass is 32.2. The fraction of sp³-hybridized carbons (Fsp3) is 0.667. The van der Waals surface area contributed by atoms with Gasteiger partial charge in [0.1, 0.15) is 0 Å². The van der Waals surface area contributed by atoms with Crippen molar-refractivity contribution in [1.29, 1.82) is 0 Å². The van der Waals surface area contributed by atoms with E-state index in [-0.39, 0.29) is 11.3 Å². The van der Waals surface area contributed by atoms with Crippen LogP contribution in [0.4, 0.5) is 0 Å². The van der Waals surface area contributed by atoms with Gasteiger partial charge in [-0.25, -0.2) is 0 Å². The third kappa shape index (κ3) is 4.88. The van der Waals surface area contributed by atoms with Crippen LogP contribution < -0.4 is 5.56 Å². The minimum Gasteiger partial charge on any atom is -0.481 e. The quantitative estimate of drug-likeness (QED) is 0.646. The fourth-order valence-corrected chi connectivity index (χ4v) is 3.60. The zero-order valence-corrected chi connectivity index (χ0v) is 13.1. The molecule has 0 aliphatic heterocycles. The smallest absolute Gasteiger partial charge is 0.313 e. The monoisotopic (exact) mass is 310 g/mol. The van der Waals surface area contributed by atoms with E-state index in [0.29, 0.717) is 11.1 Å². The van der Waals surface area contributed by atoms with Crippen LogP contribution in [0.5, 0.6) is 0 Å². The van der Waals surface area contributed by atoms with Gasteiger partial charge < -0.3 is 9.67 Å². The van der Waals surface area contributed by atoms with Crippen LogP contribution in [-0.2, 0) is 11.3 Å². The van der Waals surface area contributed by atoms with E-state index in [2.05, 4.69) is 11.9 Å². The van der Waals surface area contributed by atoms with E-state index in [1.54, 1.807) is 6.20 Å². The molecule has 0 aromatic carbocycles. The molecule has 0 bridgehead atoms. The number of thioether (sulfide) groups is 1. The summed E-state index contributed by atoms with van der Waals surface area (Å²) < 4.78 is 1.94. The number of hydrogen-bond acceptors (Lipinski definition) is 4. The van der Waals surface area contributed by atoms with Gasteiger partial charge in [-0.05, 0) is 24.7 Å². The van der Waals surface area contributed by atoms with E-state index >= 15 is 0 Å². The number of carboxylic acids is 1. The summed E-state index contributed by atoms with van der Waals surface area (Å²) in [7, 11) is 0. The van der Waals surface area contributed by atoms with Gasteiger partial charge in [0.25, 0.3) is 5.56 Å². The highest BCUT2D eigenvalue weighted by molar-refractivity contribution is 7.99. The van der Waals surface area contributed by atoms with E-state index in [9.17, 15) is 9.59 Å². The molecule has 1 aromatic heterocycles. The molecular formula is C15H22N2O3S. The maximum absolute atomic E-state index is 11.4. The van der Waals surface area contributed by atoms with Gasteiger partial charge in [0.15, 0.2) is 5.16 Å². The van der Waals surface area contributed by atoms with Gasteiger partial charge in [-0.15, -0.1) is 0 Å². The molecule has 1 aliphatic carbocycles. The van der Waals surface area contributed by atoms with Crippen LogP contribution >= 0.6 is 11.8 Å². The first-order valence-corrected chi connectivity index (χ1v) is 8.49. The van der Waals surface area contributed by atoms with E-state index in [1.807, 2.05) is 4.57 Å². The van der Waals surface area contributed by atoms with E-state index in [4.69, 9.17) is 5.11 Å². The predicted molar refractivity (Wildman–Crippen MR) is 82.6 cm³/mol. The number of rotatable bonds is 6. The van der Waals surface area contributed by atoms with E-state index in [0.717, 1.165) is 24.2 Å². The maximum atomic E-state index is 11.4. The van der Waals surface area contributed by atoms with Crippen LogP contribution in [0.1, 0.15) is 39.0 Å². The standard InChI is InChI=1S/C15H22N2O3S/c1-2-11-3-5-12(6-4-11)9-17-8-7-13(18)16-15(17)21-10-14(19)20/h7-8,11-12H,2-6,9-10H2,1H3,(H,19,20). The number of hydrogen-bond donors (Lipinski definition) is 1. The minimum atomic E-state index is -0.895. The molecule has 1 saturated carbocycles. The van der Waals surface area contributed by atoms with Crippen molar-refractivity contribution in [3.63, 3.8) is 0 Å².